The average molecular weight is 289 g/mol. The molecule has 21 heavy (non-hydrogen) atoms. The molecule has 0 atom stereocenters. The van der Waals surface area contributed by atoms with Gasteiger partial charge in [-0.3, -0.25) is 4.98 Å². The van der Waals surface area contributed by atoms with Gasteiger partial charge < -0.3 is 9.31 Å². The van der Waals surface area contributed by atoms with Crippen molar-refractivity contribution in [1.29, 1.82) is 0 Å². The van der Waals surface area contributed by atoms with Crippen LogP contribution in [0.2, 0.25) is 0 Å². The Balaban J connectivity index is 1.87. The van der Waals surface area contributed by atoms with Crippen molar-refractivity contribution in [3.8, 4) is 5.69 Å². The van der Waals surface area contributed by atoms with Gasteiger partial charge in [-0.25, -0.2) is 9.07 Å². The van der Waals surface area contributed by atoms with Crippen LogP contribution in [0.25, 0.3) is 5.69 Å². The van der Waals surface area contributed by atoms with E-state index in [9.17, 15) is 4.39 Å². The van der Waals surface area contributed by atoms with Crippen LogP contribution in [0.5, 0.6) is 0 Å². The van der Waals surface area contributed by atoms with Crippen LogP contribution in [0.3, 0.4) is 0 Å². The van der Waals surface area contributed by atoms with Crippen molar-refractivity contribution in [2.45, 2.75) is 38.9 Å². The van der Waals surface area contributed by atoms with E-state index in [1.54, 1.807) is 23.3 Å². The minimum Gasteiger partial charge on any atom is -0.399 e. The summed E-state index contributed by atoms with van der Waals surface area (Å²) >= 11 is 0. The van der Waals surface area contributed by atoms with Crippen LogP contribution >= 0.6 is 0 Å². The first kappa shape index (κ1) is 14.2. The first-order valence-electron chi connectivity index (χ1n) is 6.80. The molecule has 1 aliphatic rings. The lowest BCUT2D eigenvalue weighted by molar-refractivity contribution is 0.00578. The Labute approximate surface area is 123 Å². The molecular weight excluding hydrogens is 272 g/mol. The molecule has 1 aliphatic heterocycles. The summed E-state index contributed by atoms with van der Waals surface area (Å²) in [5, 5.41) is 4.22. The maximum absolute atomic E-state index is 13.2. The van der Waals surface area contributed by atoms with Crippen LogP contribution in [0.4, 0.5) is 4.39 Å². The molecule has 3 heterocycles. The highest BCUT2D eigenvalue weighted by atomic mass is 19.1. The third kappa shape index (κ3) is 2.47. The van der Waals surface area contributed by atoms with Crippen molar-refractivity contribution < 1.29 is 13.7 Å². The molecule has 0 spiro atoms. The molecule has 0 radical (unpaired) electrons. The Bertz CT molecular complexity index is 656. The smallest absolute Gasteiger partial charge is 0.399 e. The molecule has 7 heteroatoms. The number of hydrogen-bond acceptors (Lipinski definition) is 4. The Morgan fingerprint density at radius 3 is 2.38 bits per heavy atom. The summed E-state index contributed by atoms with van der Waals surface area (Å²) in [6, 6.07) is 1.37. The lowest BCUT2D eigenvalue weighted by Gasteiger charge is -2.32. The molecule has 0 aromatic carbocycles. The maximum atomic E-state index is 13.2. The number of aromatic nitrogens is 3. The maximum Gasteiger partial charge on any atom is 0.498 e. The Morgan fingerprint density at radius 1 is 1.10 bits per heavy atom. The van der Waals surface area contributed by atoms with Crippen molar-refractivity contribution in [1.82, 2.24) is 14.8 Å². The van der Waals surface area contributed by atoms with Gasteiger partial charge in [0.05, 0.1) is 29.3 Å². The normalized spacial score (nSPS) is 20.0. The van der Waals surface area contributed by atoms with Crippen molar-refractivity contribution in [3.63, 3.8) is 0 Å². The zero-order valence-corrected chi connectivity index (χ0v) is 12.5. The summed E-state index contributed by atoms with van der Waals surface area (Å²) in [6.45, 7) is 7.98. The van der Waals surface area contributed by atoms with E-state index in [0.29, 0.717) is 5.69 Å². The molecule has 0 aliphatic carbocycles. The van der Waals surface area contributed by atoms with Gasteiger partial charge in [0.2, 0.25) is 0 Å². The largest absolute Gasteiger partial charge is 0.498 e. The third-order valence-electron chi connectivity index (χ3n) is 4.08. The molecule has 1 saturated heterocycles. The number of rotatable bonds is 2. The third-order valence-corrected chi connectivity index (χ3v) is 4.08. The fraction of sp³-hybridized carbons (Fsp3) is 0.429. The molecule has 0 saturated carbocycles. The van der Waals surface area contributed by atoms with Crippen LogP contribution in [-0.2, 0) is 9.31 Å². The van der Waals surface area contributed by atoms with Gasteiger partial charge in [-0.2, -0.15) is 5.10 Å². The number of hydrogen-bond donors (Lipinski definition) is 0. The van der Waals surface area contributed by atoms with Crippen LogP contribution in [0.1, 0.15) is 27.7 Å². The molecule has 0 amide bonds. The predicted octanol–water partition coefficient (Wildman–Crippen LogP) is 1.71. The fourth-order valence-corrected chi connectivity index (χ4v) is 2.10. The van der Waals surface area contributed by atoms with Crippen LogP contribution < -0.4 is 5.46 Å². The second kappa shape index (κ2) is 4.64. The summed E-state index contributed by atoms with van der Waals surface area (Å²) in [5.74, 6) is -0.403. The number of pyridine rings is 1. The lowest BCUT2D eigenvalue weighted by atomic mass is 9.82. The van der Waals surface area contributed by atoms with E-state index in [1.807, 2.05) is 27.7 Å². The van der Waals surface area contributed by atoms with Crippen molar-refractivity contribution in [2.75, 3.05) is 0 Å². The van der Waals surface area contributed by atoms with E-state index in [0.717, 1.165) is 11.7 Å². The average Bonchev–Trinajstić information content (AvgIpc) is 2.93. The van der Waals surface area contributed by atoms with Gasteiger partial charge in [-0.05, 0) is 27.7 Å². The monoisotopic (exact) mass is 289 g/mol. The van der Waals surface area contributed by atoms with E-state index < -0.39 is 24.1 Å². The van der Waals surface area contributed by atoms with Gasteiger partial charge >= 0.3 is 7.12 Å². The van der Waals surface area contributed by atoms with Gasteiger partial charge in [-0.15, -0.1) is 0 Å². The van der Waals surface area contributed by atoms with Gasteiger partial charge in [0.25, 0.3) is 0 Å². The summed E-state index contributed by atoms with van der Waals surface area (Å²) in [7, 11) is -0.481. The summed E-state index contributed by atoms with van der Waals surface area (Å²) in [5.41, 5.74) is 0.538. The van der Waals surface area contributed by atoms with Crippen molar-refractivity contribution in [3.05, 3.63) is 36.7 Å². The highest BCUT2D eigenvalue weighted by molar-refractivity contribution is 6.62. The highest BCUT2D eigenvalue weighted by Gasteiger charge is 2.52. The van der Waals surface area contributed by atoms with E-state index in [1.165, 1.54) is 6.07 Å². The molecule has 5 nitrogen and oxygen atoms in total. The van der Waals surface area contributed by atoms with Gasteiger partial charge in [-0.1, -0.05) is 0 Å². The minimum atomic E-state index is -0.481. The SMILES string of the molecule is CC1(C)OB(c2cnn(-c3cncc(F)c3)c2)OC1(C)C. The molecule has 0 unspecified atom stereocenters. The lowest BCUT2D eigenvalue weighted by Crippen LogP contribution is -2.41. The van der Waals surface area contributed by atoms with E-state index in [4.69, 9.17) is 9.31 Å². The Morgan fingerprint density at radius 2 is 1.76 bits per heavy atom. The molecule has 3 rings (SSSR count). The second-order valence-corrected chi connectivity index (χ2v) is 6.17. The zero-order valence-electron chi connectivity index (χ0n) is 12.5. The van der Waals surface area contributed by atoms with Crippen molar-refractivity contribution in [2.24, 2.45) is 0 Å². The fourth-order valence-electron chi connectivity index (χ4n) is 2.10. The molecule has 0 bridgehead atoms. The predicted molar refractivity (Wildman–Crippen MR) is 77.0 cm³/mol. The van der Waals surface area contributed by atoms with E-state index in [2.05, 4.69) is 10.1 Å². The molecule has 2 aromatic rings. The molecule has 2 aromatic heterocycles. The highest BCUT2D eigenvalue weighted by Crippen LogP contribution is 2.36. The first-order valence-corrected chi connectivity index (χ1v) is 6.80. The summed E-state index contributed by atoms with van der Waals surface area (Å²) in [6.07, 6.45) is 6.12. The summed E-state index contributed by atoms with van der Waals surface area (Å²) < 4.78 is 26.7. The zero-order chi connectivity index (χ0) is 15.3. The van der Waals surface area contributed by atoms with Crippen LogP contribution in [0.15, 0.2) is 30.9 Å². The molecule has 1 fully saturated rings. The van der Waals surface area contributed by atoms with E-state index >= 15 is 0 Å². The topological polar surface area (TPSA) is 49.2 Å². The van der Waals surface area contributed by atoms with Gasteiger partial charge in [0.15, 0.2) is 0 Å². The Kier molecular flexibility index (Phi) is 3.14. The molecule has 110 valence electrons. The van der Waals surface area contributed by atoms with Crippen molar-refractivity contribution >= 4 is 12.6 Å². The standard InChI is InChI=1S/C14H17BFN3O2/c1-13(2)14(3,4)21-15(20-13)10-6-18-19(9-10)12-5-11(16)7-17-8-12/h5-9H,1-4H3. The number of nitrogens with zero attached hydrogens (tertiary/aromatic N) is 3. The molecular formula is C14H17BFN3O2. The molecule has 0 N–H and O–H groups in total. The number of halogens is 1. The quantitative estimate of drug-likeness (QED) is 0.790. The Hall–Kier alpha value is -1.73. The van der Waals surface area contributed by atoms with Gasteiger partial charge in [0, 0.05) is 23.9 Å². The first-order chi connectivity index (χ1) is 9.78. The van der Waals surface area contributed by atoms with Crippen LogP contribution in [0, 0.1) is 5.82 Å². The van der Waals surface area contributed by atoms with E-state index in [-0.39, 0.29) is 0 Å². The van der Waals surface area contributed by atoms with Crippen LogP contribution in [-0.4, -0.2) is 33.1 Å². The summed E-state index contributed by atoms with van der Waals surface area (Å²) in [4.78, 5) is 3.82. The second-order valence-electron chi connectivity index (χ2n) is 6.17. The minimum absolute atomic E-state index is 0.403. The van der Waals surface area contributed by atoms with Gasteiger partial charge in [0.1, 0.15) is 5.82 Å².